The first-order chi connectivity index (χ1) is 12.1. The predicted octanol–water partition coefficient (Wildman–Crippen LogP) is 2.87. The van der Waals surface area contributed by atoms with Crippen LogP contribution in [-0.2, 0) is 14.8 Å². The number of thioether (sulfide) groups is 1. The number of amides is 1. The minimum atomic E-state index is -3.71. The van der Waals surface area contributed by atoms with Crippen LogP contribution in [0.2, 0.25) is 0 Å². The number of hydrogen-bond donors (Lipinski definition) is 1. The van der Waals surface area contributed by atoms with Crippen molar-refractivity contribution in [1.82, 2.24) is 9.62 Å². The third-order valence-electron chi connectivity index (χ3n) is 4.14. The first-order valence-electron chi connectivity index (χ1n) is 8.77. The van der Waals surface area contributed by atoms with E-state index in [2.05, 4.69) is 26.1 Å². The van der Waals surface area contributed by atoms with Gasteiger partial charge in [-0.25, -0.2) is 12.8 Å². The van der Waals surface area contributed by atoms with Crippen LogP contribution in [-0.4, -0.2) is 48.8 Å². The molecule has 146 valence electrons. The van der Waals surface area contributed by atoms with Gasteiger partial charge in [0, 0.05) is 30.1 Å². The summed E-state index contributed by atoms with van der Waals surface area (Å²) in [7, 11) is -3.71. The van der Waals surface area contributed by atoms with Gasteiger partial charge in [0.15, 0.2) is 0 Å². The van der Waals surface area contributed by atoms with Gasteiger partial charge in [-0.15, -0.1) is 0 Å². The Balaban J connectivity index is 1.93. The monoisotopic (exact) mass is 402 g/mol. The minimum Gasteiger partial charge on any atom is -0.355 e. The molecule has 0 radical (unpaired) electrons. The molecule has 0 unspecified atom stereocenters. The summed E-state index contributed by atoms with van der Waals surface area (Å²) in [6.45, 7) is 7.49. The molecule has 1 heterocycles. The molecule has 26 heavy (non-hydrogen) atoms. The zero-order valence-corrected chi connectivity index (χ0v) is 17.1. The topological polar surface area (TPSA) is 66.5 Å². The quantitative estimate of drug-likeness (QED) is 0.743. The average molecular weight is 403 g/mol. The second-order valence-electron chi connectivity index (χ2n) is 7.41. The maximum absolute atomic E-state index is 13.0. The zero-order valence-electron chi connectivity index (χ0n) is 15.5. The van der Waals surface area contributed by atoms with Crippen LogP contribution < -0.4 is 5.32 Å². The summed E-state index contributed by atoms with van der Waals surface area (Å²) in [5.41, 5.74) is 0. The normalized spacial score (nSPS) is 19.3. The highest BCUT2D eigenvalue weighted by Gasteiger charge is 2.33. The highest BCUT2D eigenvalue weighted by molar-refractivity contribution is 8.00. The maximum atomic E-state index is 13.0. The van der Waals surface area contributed by atoms with E-state index in [1.54, 1.807) is 11.8 Å². The number of halogens is 1. The Morgan fingerprint density at radius 3 is 2.58 bits per heavy atom. The summed E-state index contributed by atoms with van der Waals surface area (Å²) in [4.78, 5) is 12.4. The SMILES string of the molecule is CC(C)(C)SCCNC(=O)[C@@H]1CCCN(S(=O)(=O)c2ccc(F)cc2)C1. The van der Waals surface area contributed by atoms with Crippen molar-refractivity contribution < 1.29 is 17.6 Å². The van der Waals surface area contributed by atoms with Crippen molar-refractivity contribution in [2.24, 2.45) is 5.92 Å². The fourth-order valence-corrected chi connectivity index (χ4v) is 5.15. The number of carbonyl (C=O) groups is 1. The lowest BCUT2D eigenvalue weighted by molar-refractivity contribution is -0.125. The maximum Gasteiger partial charge on any atom is 0.243 e. The molecule has 1 aliphatic heterocycles. The van der Waals surface area contributed by atoms with Crippen LogP contribution in [0.15, 0.2) is 29.2 Å². The van der Waals surface area contributed by atoms with Crippen molar-refractivity contribution in [3.63, 3.8) is 0 Å². The molecule has 1 amide bonds. The second kappa shape index (κ2) is 8.71. The van der Waals surface area contributed by atoms with Crippen LogP contribution in [0.4, 0.5) is 4.39 Å². The smallest absolute Gasteiger partial charge is 0.243 e. The number of benzene rings is 1. The molecule has 8 heteroatoms. The van der Waals surface area contributed by atoms with Crippen LogP contribution in [0.1, 0.15) is 33.6 Å². The average Bonchev–Trinajstić information content (AvgIpc) is 2.58. The molecule has 5 nitrogen and oxygen atoms in total. The molecule has 1 atom stereocenters. The van der Waals surface area contributed by atoms with E-state index >= 15 is 0 Å². The third kappa shape index (κ3) is 5.96. The summed E-state index contributed by atoms with van der Waals surface area (Å²) in [6.07, 6.45) is 1.31. The van der Waals surface area contributed by atoms with Gasteiger partial charge in [0.25, 0.3) is 0 Å². The molecule has 1 aromatic carbocycles. The lowest BCUT2D eigenvalue weighted by Gasteiger charge is -2.31. The summed E-state index contributed by atoms with van der Waals surface area (Å²) in [6, 6.07) is 4.79. The Hall–Kier alpha value is -1.12. The van der Waals surface area contributed by atoms with Crippen molar-refractivity contribution in [2.75, 3.05) is 25.4 Å². The molecule has 2 rings (SSSR count). The highest BCUT2D eigenvalue weighted by atomic mass is 32.2. The molecule has 1 aliphatic rings. The molecule has 0 bridgehead atoms. The van der Waals surface area contributed by atoms with E-state index in [0.29, 0.717) is 25.9 Å². The zero-order chi connectivity index (χ0) is 19.4. The van der Waals surface area contributed by atoms with Crippen molar-refractivity contribution in [3.05, 3.63) is 30.1 Å². The number of piperidine rings is 1. The fraction of sp³-hybridized carbons (Fsp3) is 0.611. The van der Waals surface area contributed by atoms with Gasteiger partial charge in [-0.2, -0.15) is 16.1 Å². The van der Waals surface area contributed by atoms with Gasteiger partial charge in [0.1, 0.15) is 5.82 Å². The van der Waals surface area contributed by atoms with Crippen LogP contribution in [0, 0.1) is 11.7 Å². The number of rotatable bonds is 6. The molecule has 1 N–H and O–H groups in total. The van der Waals surface area contributed by atoms with E-state index in [9.17, 15) is 17.6 Å². The first kappa shape index (κ1) is 21.2. The van der Waals surface area contributed by atoms with E-state index in [0.717, 1.165) is 17.9 Å². The summed E-state index contributed by atoms with van der Waals surface area (Å²) < 4.78 is 39.9. The van der Waals surface area contributed by atoms with Gasteiger partial charge in [-0.05, 0) is 37.1 Å². The van der Waals surface area contributed by atoms with Gasteiger partial charge < -0.3 is 5.32 Å². The Morgan fingerprint density at radius 2 is 1.96 bits per heavy atom. The van der Waals surface area contributed by atoms with Crippen molar-refractivity contribution in [2.45, 2.75) is 43.3 Å². The van der Waals surface area contributed by atoms with Gasteiger partial charge in [-0.3, -0.25) is 4.79 Å². The number of hydrogen-bond acceptors (Lipinski definition) is 4. The molecule has 0 aliphatic carbocycles. The number of sulfonamides is 1. The fourth-order valence-electron chi connectivity index (χ4n) is 2.81. The van der Waals surface area contributed by atoms with E-state index in [-0.39, 0.29) is 28.0 Å². The van der Waals surface area contributed by atoms with E-state index in [1.807, 2.05) is 0 Å². The van der Waals surface area contributed by atoms with Crippen LogP contribution in [0.3, 0.4) is 0 Å². The molecule has 0 saturated carbocycles. The number of carbonyl (C=O) groups excluding carboxylic acids is 1. The number of nitrogens with zero attached hydrogens (tertiary/aromatic N) is 1. The van der Waals surface area contributed by atoms with Crippen LogP contribution in [0.5, 0.6) is 0 Å². The van der Waals surface area contributed by atoms with Gasteiger partial charge in [0.2, 0.25) is 15.9 Å². The Kier molecular flexibility index (Phi) is 7.10. The van der Waals surface area contributed by atoms with Crippen molar-refractivity contribution in [1.29, 1.82) is 0 Å². The largest absolute Gasteiger partial charge is 0.355 e. The summed E-state index contributed by atoms with van der Waals surface area (Å²) >= 11 is 1.77. The first-order valence-corrected chi connectivity index (χ1v) is 11.2. The second-order valence-corrected chi connectivity index (χ2v) is 11.3. The van der Waals surface area contributed by atoms with Crippen molar-refractivity contribution in [3.8, 4) is 0 Å². The van der Waals surface area contributed by atoms with Crippen LogP contribution in [0.25, 0.3) is 0 Å². The molecular formula is C18H27FN2O3S2. The Labute approximate surface area is 159 Å². The van der Waals surface area contributed by atoms with Gasteiger partial charge >= 0.3 is 0 Å². The Morgan fingerprint density at radius 1 is 1.31 bits per heavy atom. The molecule has 1 fully saturated rings. The summed E-state index contributed by atoms with van der Waals surface area (Å²) in [5.74, 6) is -0.107. The minimum absolute atomic E-state index is 0.0570. The molecule has 1 aromatic rings. The number of nitrogens with one attached hydrogen (secondary N) is 1. The molecular weight excluding hydrogens is 375 g/mol. The van der Waals surface area contributed by atoms with E-state index < -0.39 is 15.8 Å². The van der Waals surface area contributed by atoms with Gasteiger partial charge in [0.05, 0.1) is 10.8 Å². The third-order valence-corrected chi connectivity index (χ3v) is 7.30. The molecule has 0 spiro atoms. The molecule has 0 aromatic heterocycles. The lowest BCUT2D eigenvalue weighted by Crippen LogP contribution is -2.45. The lowest BCUT2D eigenvalue weighted by atomic mass is 9.99. The molecule has 1 saturated heterocycles. The highest BCUT2D eigenvalue weighted by Crippen LogP contribution is 2.25. The standard InChI is InChI=1S/C18H27FN2O3S2/c1-18(2,3)25-12-10-20-17(22)14-5-4-11-21(13-14)26(23,24)16-8-6-15(19)7-9-16/h6-9,14H,4-5,10-13H2,1-3H3,(H,20,22)/t14-/m1/s1. The van der Waals surface area contributed by atoms with Crippen molar-refractivity contribution >= 4 is 27.7 Å². The van der Waals surface area contributed by atoms with E-state index in [1.165, 1.54) is 16.4 Å². The Bertz CT molecular complexity index is 715. The van der Waals surface area contributed by atoms with Crippen LogP contribution >= 0.6 is 11.8 Å². The predicted molar refractivity (Wildman–Crippen MR) is 103 cm³/mol. The van der Waals surface area contributed by atoms with E-state index in [4.69, 9.17) is 0 Å². The summed E-state index contributed by atoms with van der Waals surface area (Å²) in [5, 5.41) is 2.91. The van der Waals surface area contributed by atoms with Gasteiger partial charge in [-0.1, -0.05) is 20.8 Å².